The molecule has 100 valence electrons. The number of methoxy groups -OCH3 is 1. The maximum atomic E-state index is 11.9. The Hall–Kier alpha value is -1.13. The van der Waals surface area contributed by atoms with Crippen molar-refractivity contribution in [2.75, 3.05) is 7.11 Å². The third-order valence-corrected chi connectivity index (χ3v) is 4.48. The van der Waals surface area contributed by atoms with E-state index in [4.69, 9.17) is 4.74 Å². The van der Waals surface area contributed by atoms with Crippen molar-refractivity contribution >= 4 is 33.0 Å². The van der Waals surface area contributed by atoms with Crippen LogP contribution < -0.4 is 4.74 Å². The number of carbonyl (C=O) groups excluding carboxylic acids is 1. The molecule has 2 aromatic rings. The van der Waals surface area contributed by atoms with E-state index in [9.17, 15) is 4.79 Å². The van der Waals surface area contributed by atoms with E-state index in [1.807, 2.05) is 36.4 Å². The molecular formula is C15H15BrO2S. The van der Waals surface area contributed by atoms with Gasteiger partial charge >= 0.3 is 0 Å². The fraction of sp³-hybridized carbons (Fsp3) is 0.267. The molecule has 0 fully saturated rings. The summed E-state index contributed by atoms with van der Waals surface area (Å²) in [5, 5.41) is 0. The lowest BCUT2D eigenvalue weighted by Crippen LogP contribution is -2.03. The molecule has 0 bridgehead atoms. The lowest BCUT2D eigenvalue weighted by molar-refractivity contribution is -0.118. The normalized spacial score (nSPS) is 10.4. The molecule has 1 aromatic heterocycles. The number of thiophene rings is 1. The predicted octanol–water partition coefficient (Wildman–Crippen LogP) is 4.26. The molecule has 1 aromatic carbocycles. The number of hydrogen-bond acceptors (Lipinski definition) is 3. The number of hydrogen-bond donors (Lipinski definition) is 0. The number of ether oxygens (including phenoxy) is 1. The Labute approximate surface area is 125 Å². The van der Waals surface area contributed by atoms with E-state index in [0.717, 1.165) is 20.8 Å². The zero-order chi connectivity index (χ0) is 13.7. The minimum absolute atomic E-state index is 0.283. The van der Waals surface area contributed by atoms with E-state index < -0.39 is 0 Å². The fourth-order valence-corrected chi connectivity index (χ4v) is 3.32. The van der Waals surface area contributed by atoms with Crippen molar-refractivity contribution in [3.05, 3.63) is 50.6 Å². The standard InChI is InChI=1S/C15H15BrO2S/c1-18-13-6-3-11(4-7-13)2-5-12(17)10-14-8-9-15(16)19-14/h3-4,6-9H,2,5,10H2,1H3. The van der Waals surface area contributed by atoms with Gasteiger partial charge in [0.05, 0.1) is 10.9 Å². The molecule has 0 N–H and O–H groups in total. The summed E-state index contributed by atoms with van der Waals surface area (Å²) in [5.74, 6) is 1.13. The number of ketones is 1. The van der Waals surface area contributed by atoms with Gasteiger partial charge in [-0.2, -0.15) is 0 Å². The number of carbonyl (C=O) groups is 1. The molecule has 4 heteroatoms. The SMILES string of the molecule is COc1ccc(CCC(=O)Cc2ccc(Br)s2)cc1. The van der Waals surface area contributed by atoms with Crippen LogP contribution in [0, 0.1) is 0 Å². The second kappa shape index (κ2) is 6.87. The second-order valence-electron chi connectivity index (χ2n) is 4.27. The first kappa shape index (κ1) is 14.3. The van der Waals surface area contributed by atoms with E-state index >= 15 is 0 Å². The van der Waals surface area contributed by atoms with E-state index in [1.54, 1.807) is 18.4 Å². The van der Waals surface area contributed by atoms with E-state index in [2.05, 4.69) is 15.9 Å². The van der Waals surface area contributed by atoms with Gasteiger partial charge in [-0.1, -0.05) is 12.1 Å². The van der Waals surface area contributed by atoms with Crippen molar-refractivity contribution in [3.8, 4) is 5.75 Å². The number of aryl methyl sites for hydroxylation is 1. The van der Waals surface area contributed by atoms with Crippen LogP contribution in [-0.4, -0.2) is 12.9 Å². The van der Waals surface area contributed by atoms with Crippen LogP contribution in [-0.2, 0) is 17.6 Å². The van der Waals surface area contributed by atoms with Crippen LogP contribution in [0.1, 0.15) is 16.9 Å². The third-order valence-electron chi connectivity index (χ3n) is 2.85. The summed E-state index contributed by atoms with van der Waals surface area (Å²) in [6, 6.07) is 11.9. The lowest BCUT2D eigenvalue weighted by atomic mass is 10.1. The highest BCUT2D eigenvalue weighted by atomic mass is 79.9. The van der Waals surface area contributed by atoms with Crippen molar-refractivity contribution in [1.82, 2.24) is 0 Å². The van der Waals surface area contributed by atoms with Crippen LogP contribution in [0.25, 0.3) is 0 Å². The van der Waals surface area contributed by atoms with Crippen molar-refractivity contribution in [1.29, 1.82) is 0 Å². The summed E-state index contributed by atoms with van der Waals surface area (Å²) in [7, 11) is 1.65. The van der Waals surface area contributed by atoms with E-state index in [1.165, 1.54) is 5.56 Å². The van der Waals surface area contributed by atoms with Gasteiger partial charge in [0.15, 0.2) is 0 Å². The molecule has 2 nitrogen and oxygen atoms in total. The first-order valence-electron chi connectivity index (χ1n) is 6.06. The molecule has 0 unspecified atom stereocenters. The molecule has 1 heterocycles. The number of halogens is 1. The van der Waals surface area contributed by atoms with Crippen LogP contribution >= 0.6 is 27.3 Å². The molecule has 0 radical (unpaired) electrons. The van der Waals surface area contributed by atoms with Crippen molar-refractivity contribution < 1.29 is 9.53 Å². The Morgan fingerprint density at radius 3 is 2.53 bits per heavy atom. The Morgan fingerprint density at radius 2 is 1.95 bits per heavy atom. The largest absolute Gasteiger partial charge is 0.497 e. The molecule has 0 aliphatic rings. The van der Waals surface area contributed by atoms with Crippen molar-refractivity contribution in [2.45, 2.75) is 19.3 Å². The zero-order valence-corrected chi connectivity index (χ0v) is 13.1. The van der Waals surface area contributed by atoms with Crippen molar-refractivity contribution in [2.24, 2.45) is 0 Å². The van der Waals surface area contributed by atoms with Gasteiger partial charge in [0.25, 0.3) is 0 Å². The van der Waals surface area contributed by atoms with Crippen molar-refractivity contribution in [3.63, 3.8) is 0 Å². The number of Topliss-reactive ketones (excluding diaryl/α,β-unsaturated/α-hetero) is 1. The summed E-state index contributed by atoms with van der Waals surface area (Å²) in [6.45, 7) is 0. The predicted molar refractivity (Wildman–Crippen MR) is 82.0 cm³/mol. The first-order valence-corrected chi connectivity index (χ1v) is 7.67. The molecule has 19 heavy (non-hydrogen) atoms. The molecule has 0 amide bonds. The molecule has 0 aliphatic heterocycles. The molecule has 2 rings (SSSR count). The molecule has 0 saturated heterocycles. The van der Waals surface area contributed by atoms with Gasteiger partial charge in [0.1, 0.15) is 11.5 Å². The van der Waals surface area contributed by atoms with Crippen LogP contribution in [0.5, 0.6) is 5.75 Å². The highest BCUT2D eigenvalue weighted by Gasteiger charge is 2.06. The van der Waals surface area contributed by atoms with Crippen LogP contribution in [0.2, 0.25) is 0 Å². The summed E-state index contributed by atoms with van der Waals surface area (Å²) in [5.41, 5.74) is 1.17. The molecule has 0 spiro atoms. The monoisotopic (exact) mass is 338 g/mol. The fourth-order valence-electron chi connectivity index (χ4n) is 1.81. The summed E-state index contributed by atoms with van der Waals surface area (Å²) in [6.07, 6.45) is 1.91. The van der Waals surface area contributed by atoms with Gasteiger partial charge in [-0.3, -0.25) is 4.79 Å². The summed E-state index contributed by atoms with van der Waals surface area (Å²) in [4.78, 5) is 13.0. The Kier molecular flexibility index (Phi) is 5.16. The molecule has 0 aliphatic carbocycles. The van der Waals surface area contributed by atoms with Gasteiger partial charge in [0, 0.05) is 17.7 Å². The van der Waals surface area contributed by atoms with E-state index in [0.29, 0.717) is 12.8 Å². The van der Waals surface area contributed by atoms with Crippen LogP contribution in [0.3, 0.4) is 0 Å². The molecular weight excluding hydrogens is 324 g/mol. The average Bonchev–Trinajstić information content (AvgIpc) is 2.82. The minimum Gasteiger partial charge on any atom is -0.497 e. The van der Waals surface area contributed by atoms with Gasteiger partial charge in [0.2, 0.25) is 0 Å². The van der Waals surface area contributed by atoms with Crippen LogP contribution in [0.4, 0.5) is 0 Å². The van der Waals surface area contributed by atoms with E-state index in [-0.39, 0.29) is 5.78 Å². The first-order chi connectivity index (χ1) is 9.17. The second-order valence-corrected chi connectivity index (χ2v) is 6.82. The zero-order valence-electron chi connectivity index (χ0n) is 10.7. The topological polar surface area (TPSA) is 26.3 Å². The highest BCUT2D eigenvalue weighted by molar-refractivity contribution is 9.11. The highest BCUT2D eigenvalue weighted by Crippen LogP contribution is 2.23. The van der Waals surface area contributed by atoms with Gasteiger partial charge in [-0.15, -0.1) is 11.3 Å². The van der Waals surface area contributed by atoms with Gasteiger partial charge < -0.3 is 4.74 Å². The maximum Gasteiger partial charge on any atom is 0.138 e. The molecule has 0 atom stereocenters. The molecule has 0 saturated carbocycles. The Morgan fingerprint density at radius 1 is 1.21 bits per heavy atom. The Bertz CT molecular complexity index is 546. The lowest BCUT2D eigenvalue weighted by Gasteiger charge is -2.03. The van der Waals surface area contributed by atoms with Gasteiger partial charge in [-0.25, -0.2) is 0 Å². The quantitative estimate of drug-likeness (QED) is 0.786. The summed E-state index contributed by atoms with van der Waals surface area (Å²) >= 11 is 5.03. The minimum atomic E-state index is 0.283. The smallest absolute Gasteiger partial charge is 0.138 e. The number of benzene rings is 1. The Balaban J connectivity index is 1.82. The maximum absolute atomic E-state index is 11.9. The summed E-state index contributed by atoms with van der Waals surface area (Å²) < 4.78 is 6.18. The average molecular weight is 339 g/mol. The number of rotatable bonds is 6. The third kappa shape index (κ3) is 4.48. The van der Waals surface area contributed by atoms with Gasteiger partial charge in [-0.05, 0) is 52.2 Å². The van der Waals surface area contributed by atoms with Crippen LogP contribution in [0.15, 0.2) is 40.2 Å².